The van der Waals surface area contributed by atoms with E-state index in [-0.39, 0.29) is 11.9 Å². The van der Waals surface area contributed by atoms with Crippen LogP contribution in [0.3, 0.4) is 0 Å². The molecule has 1 aliphatic carbocycles. The first kappa shape index (κ1) is 33.4. The smallest absolute Gasteiger partial charge is 0.333 e. The molecule has 0 saturated heterocycles. The molecule has 0 unspecified atom stereocenters. The lowest BCUT2D eigenvalue weighted by atomic mass is 9.76. The van der Waals surface area contributed by atoms with Crippen LogP contribution in [0.15, 0.2) is 54.6 Å². The van der Waals surface area contributed by atoms with Crippen molar-refractivity contribution >= 4 is 11.9 Å². The van der Waals surface area contributed by atoms with E-state index in [1.54, 1.807) is 13.8 Å². The van der Waals surface area contributed by atoms with Crippen molar-refractivity contribution in [3.8, 4) is 11.1 Å². The minimum Gasteiger partial charge on any atom is -0.462 e. The Balaban J connectivity index is 1.84. The molecule has 0 heterocycles. The summed E-state index contributed by atoms with van der Waals surface area (Å²) in [5, 5.41) is 0. The Morgan fingerprint density at radius 3 is 1.83 bits per heavy atom. The van der Waals surface area contributed by atoms with E-state index >= 15 is 0 Å². The summed E-state index contributed by atoms with van der Waals surface area (Å²) in [7, 11) is 0. The van der Waals surface area contributed by atoms with Gasteiger partial charge in [0, 0.05) is 11.1 Å². The Kier molecular flexibility index (Phi) is 13.1. The van der Waals surface area contributed by atoms with Gasteiger partial charge in [-0.2, -0.15) is 0 Å². The van der Waals surface area contributed by atoms with Crippen molar-refractivity contribution in [2.24, 2.45) is 5.92 Å². The lowest BCUT2D eigenvalue weighted by molar-refractivity contribution is -0.139. The minimum atomic E-state index is -0.336. The van der Waals surface area contributed by atoms with E-state index in [1.807, 2.05) is 0 Å². The van der Waals surface area contributed by atoms with Crippen LogP contribution in [-0.2, 0) is 38.3 Å². The number of hydrogen-bond donors (Lipinski definition) is 0. The lowest BCUT2D eigenvalue weighted by Gasteiger charge is -2.29. The Hall–Kier alpha value is -3.14. The average Bonchev–Trinajstić information content (AvgIpc) is 2.98. The Morgan fingerprint density at radius 2 is 1.36 bits per heavy atom. The van der Waals surface area contributed by atoms with Gasteiger partial charge in [-0.15, -0.1) is 0 Å². The van der Waals surface area contributed by atoms with Gasteiger partial charge in [0.15, 0.2) is 0 Å². The third-order valence-corrected chi connectivity index (χ3v) is 8.80. The maximum Gasteiger partial charge on any atom is 0.333 e. The number of carbonyl (C=O) groups excluding carboxylic acids is 2. The molecule has 0 spiro atoms. The van der Waals surface area contributed by atoms with E-state index < -0.39 is 0 Å². The number of esters is 2. The predicted octanol–water partition coefficient (Wildman–Crippen LogP) is 9.40. The van der Waals surface area contributed by atoms with Gasteiger partial charge in [0.25, 0.3) is 0 Å². The summed E-state index contributed by atoms with van der Waals surface area (Å²) >= 11 is 0. The molecule has 1 aliphatic rings. The largest absolute Gasteiger partial charge is 0.462 e. The van der Waals surface area contributed by atoms with Crippen LogP contribution in [0.1, 0.15) is 113 Å². The van der Waals surface area contributed by atoms with E-state index in [0.29, 0.717) is 30.3 Å². The third-order valence-electron chi connectivity index (χ3n) is 8.80. The molecule has 0 N–H and O–H groups in total. The van der Waals surface area contributed by atoms with Gasteiger partial charge in [-0.25, -0.2) is 9.59 Å². The molecule has 2 aromatic rings. The standard InChI is InChI=1S/C38H52O4/c1-8-12-29-15-17-31(18-16-29)34-19-20-36(30(9-2)23-34)35-24-32(13-10-21-41-37(39)26(3)4)28(7)33(25-35)14-11-22-42-38(40)27(5)6/h19-20,23-25,29,31H,3,5,8-18,21-22H2,1-2,4,6-7H3. The first-order valence-electron chi connectivity index (χ1n) is 16.0. The highest BCUT2D eigenvalue weighted by Crippen LogP contribution is 2.39. The monoisotopic (exact) mass is 572 g/mol. The lowest BCUT2D eigenvalue weighted by Crippen LogP contribution is -2.13. The number of carbonyl (C=O) groups is 2. The second-order valence-corrected chi connectivity index (χ2v) is 12.2. The van der Waals surface area contributed by atoms with Crippen LogP contribution in [-0.4, -0.2) is 25.2 Å². The summed E-state index contributed by atoms with van der Waals surface area (Å²) in [5.41, 5.74) is 10.1. The van der Waals surface area contributed by atoms with Crippen molar-refractivity contribution in [2.75, 3.05) is 13.2 Å². The fourth-order valence-electron chi connectivity index (χ4n) is 6.25. The van der Waals surface area contributed by atoms with Crippen molar-refractivity contribution in [1.29, 1.82) is 0 Å². The molecule has 0 bridgehead atoms. The van der Waals surface area contributed by atoms with Crippen molar-refractivity contribution in [3.63, 3.8) is 0 Å². The van der Waals surface area contributed by atoms with Crippen LogP contribution < -0.4 is 0 Å². The van der Waals surface area contributed by atoms with E-state index in [9.17, 15) is 9.59 Å². The first-order valence-corrected chi connectivity index (χ1v) is 16.0. The zero-order valence-electron chi connectivity index (χ0n) is 26.8. The summed E-state index contributed by atoms with van der Waals surface area (Å²) in [6, 6.07) is 11.8. The molecule has 228 valence electrons. The Morgan fingerprint density at radius 1 is 0.810 bits per heavy atom. The fraction of sp³-hybridized carbons (Fsp3) is 0.526. The van der Waals surface area contributed by atoms with Gasteiger partial charge in [0.2, 0.25) is 0 Å². The molecule has 1 fully saturated rings. The second-order valence-electron chi connectivity index (χ2n) is 12.2. The Bertz CT molecular complexity index is 1190. The molecule has 0 aromatic heterocycles. The van der Waals surface area contributed by atoms with Gasteiger partial charge in [-0.1, -0.05) is 70.2 Å². The molecule has 2 aromatic carbocycles. The van der Waals surface area contributed by atoms with E-state index in [2.05, 4.69) is 64.3 Å². The Labute approximate surface area is 254 Å². The molecule has 0 atom stereocenters. The van der Waals surface area contributed by atoms with Crippen molar-refractivity contribution in [3.05, 3.63) is 82.5 Å². The van der Waals surface area contributed by atoms with Crippen molar-refractivity contribution in [2.45, 2.75) is 111 Å². The van der Waals surface area contributed by atoms with Crippen LogP contribution in [0.4, 0.5) is 0 Å². The van der Waals surface area contributed by atoms with Crippen LogP contribution in [0.25, 0.3) is 11.1 Å². The third kappa shape index (κ3) is 9.44. The van der Waals surface area contributed by atoms with Gasteiger partial charge in [-0.05, 0) is 129 Å². The number of aryl methyl sites for hydroxylation is 3. The van der Waals surface area contributed by atoms with Crippen LogP contribution in [0, 0.1) is 12.8 Å². The molecule has 4 nitrogen and oxygen atoms in total. The highest BCUT2D eigenvalue weighted by atomic mass is 16.5. The van der Waals surface area contributed by atoms with E-state index in [4.69, 9.17) is 9.47 Å². The van der Waals surface area contributed by atoms with Gasteiger partial charge < -0.3 is 9.47 Å². The summed E-state index contributed by atoms with van der Waals surface area (Å²) in [6.07, 6.45) is 12.1. The van der Waals surface area contributed by atoms with E-state index in [0.717, 1.165) is 38.0 Å². The predicted molar refractivity (Wildman–Crippen MR) is 174 cm³/mol. The number of hydrogen-bond acceptors (Lipinski definition) is 4. The zero-order chi connectivity index (χ0) is 30.6. The molecular weight excluding hydrogens is 520 g/mol. The maximum atomic E-state index is 11.8. The van der Waals surface area contributed by atoms with Crippen LogP contribution in [0.5, 0.6) is 0 Å². The molecule has 0 radical (unpaired) electrons. The topological polar surface area (TPSA) is 52.6 Å². The van der Waals surface area contributed by atoms with Gasteiger partial charge in [0.1, 0.15) is 0 Å². The normalized spacial score (nSPS) is 16.6. The quantitative estimate of drug-likeness (QED) is 0.121. The number of rotatable bonds is 15. The maximum absolute atomic E-state index is 11.8. The molecule has 0 aliphatic heterocycles. The van der Waals surface area contributed by atoms with Gasteiger partial charge in [-0.3, -0.25) is 0 Å². The molecule has 3 rings (SSSR count). The highest BCUT2D eigenvalue weighted by molar-refractivity contribution is 5.87. The van der Waals surface area contributed by atoms with Gasteiger partial charge >= 0.3 is 11.9 Å². The molecule has 0 amide bonds. The molecular formula is C38H52O4. The molecule has 4 heteroatoms. The van der Waals surface area contributed by atoms with E-state index in [1.165, 1.54) is 77.5 Å². The van der Waals surface area contributed by atoms with Gasteiger partial charge in [0.05, 0.1) is 13.2 Å². The fourth-order valence-corrected chi connectivity index (χ4v) is 6.25. The number of ether oxygens (including phenoxy) is 2. The summed E-state index contributed by atoms with van der Waals surface area (Å²) < 4.78 is 10.7. The van der Waals surface area contributed by atoms with Crippen LogP contribution in [0.2, 0.25) is 0 Å². The summed E-state index contributed by atoms with van der Waals surface area (Å²) in [5.74, 6) is 0.911. The highest BCUT2D eigenvalue weighted by Gasteiger charge is 2.23. The minimum absolute atomic E-state index is 0.336. The van der Waals surface area contributed by atoms with Crippen molar-refractivity contribution < 1.29 is 19.1 Å². The average molecular weight is 573 g/mol. The van der Waals surface area contributed by atoms with Crippen molar-refractivity contribution in [1.82, 2.24) is 0 Å². The zero-order valence-corrected chi connectivity index (χ0v) is 26.8. The summed E-state index contributed by atoms with van der Waals surface area (Å²) in [6.45, 7) is 18.2. The van der Waals surface area contributed by atoms with Crippen LogP contribution >= 0.6 is 0 Å². The first-order chi connectivity index (χ1) is 20.1. The molecule has 1 saturated carbocycles. The second kappa shape index (κ2) is 16.5. The summed E-state index contributed by atoms with van der Waals surface area (Å²) in [4.78, 5) is 23.7. The SMILES string of the molecule is C=C(C)C(=O)OCCCc1cc(-c2ccc(C3CCC(CCC)CC3)cc2CC)cc(CCCOC(=O)C(=C)C)c1C. The molecule has 42 heavy (non-hydrogen) atoms. The number of benzene rings is 2.